The van der Waals surface area contributed by atoms with E-state index >= 15 is 0 Å². The molecule has 0 N–H and O–H groups in total. The third-order valence-corrected chi connectivity index (χ3v) is 4.24. The van der Waals surface area contributed by atoms with Crippen molar-refractivity contribution in [2.24, 2.45) is 5.92 Å². The third-order valence-electron chi connectivity index (χ3n) is 4.24. The summed E-state index contributed by atoms with van der Waals surface area (Å²) >= 11 is 0. The zero-order valence-corrected chi connectivity index (χ0v) is 13.2. The van der Waals surface area contributed by atoms with E-state index in [1.54, 1.807) is 30.7 Å². The summed E-state index contributed by atoms with van der Waals surface area (Å²) in [6.45, 7) is 10.7. The van der Waals surface area contributed by atoms with Crippen LogP contribution < -0.4 is 0 Å². The quantitative estimate of drug-likeness (QED) is 0.683. The predicted octanol–water partition coefficient (Wildman–Crippen LogP) is 3.06. The maximum Gasteiger partial charge on any atom is 0.255 e. The van der Waals surface area contributed by atoms with E-state index in [1.807, 2.05) is 21.6 Å². The summed E-state index contributed by atoms with van der Waals surface area (Å²) in [5.74, 6) is 0.585. The highest BCUT2D eigenvalue weighted by molar-refractivity contribution is 5.96. The number of amides is 1. The number of aromatic nitrogens is 3. The second-order valence-electron chi connectivity index (χ2n) is 6.12. The van der Waals surface area contributed by atoms with Crippen LogP contribution in [0.1, 0.15) is 17.3 Å². The number of hydrogen-bond acceptors (Lipinski definition) is 3. The molecule has 24 heavy (non-hydrogen) atoms. The lowest BCUT2D eigenvalue weighted by Crippen LogP contribution is -2.48. The molecule has 3 heterocycles. The van der Waals surface area contributed by atoms with Crippen LogP contribution in [0.25, 0.3) is 21.7 Å². The van der Waals surface area contributed by atoms with Crippen molar-refractivity contribution in [1.29, 1.82) is 0 Å². The summed E-state index contributed by atoms with van der Waals surface area (Å²) in [5.41, 5.74) is 3.42. The lowest BCUT2D eigenvalue weighted by Gasteiger charge is -2.37. The molecule has 1 fully saturated rings. The van der Waals surface area contributed by atoms with E-state index < -0.39 is 0 Å². The number of rotatable bonds is 2. The van der Waals surface area contributed by atoms with Crippen molar-refractivity contribution < 1.29 is 4.79 Å². The molecule has 0 saturated carbocycles. The number of pyridine rings is 1. The van der Waals surface area contributed by atoms with Crippen molar-refractivity contribution in [2.75, 3.05) is 13.1 Å². The summed E-state index contributed by atoms with van der Waals surface area (Å²) in [6.07, 6.45) is 3.30. The van der Waals surface area contributed by atoms with Gasteiger partial charge in [-0.05, 0) is 24.1 Å². The highest BCUT2D eigenvalue weighted by Gasteiger charge is 2.28. The fourth-order valence-corrected chi connectivity index (χ4v) is 2.94. The Balaban J connectivity index is 1.67. The second-order valence-corrected chi connectivity index (χ2v) is 6.12. The van der Waals surface area contributed by atoms with Gasteiger partial charge in [-0.25, -0.2) is 14.8 Å². The fourth-order valence-electron chi connectivity index (χ4n) is 2.94. The first-order valence-corrected chi connectivity index (χ1v) is 7.76. The topological polar surface area (TPSA) is 55.4 Å². The molecule has 0 radical (unpaired) electrons. The smallest absolute Gasteiger partial charge is 0.255 e. The summed E-state index contributed by atoms with van der Waals surface area (Å²) in [4.78, 5) is 26.4. The zero-order chi connectivity index (χ0) is 16.7. The molecule has 6 nitrogen and oxygen atoms in total. The Morgan fingerprint density at radius 2 is 2.00 bits per heavy atom. The van der Waals surface area contributed by atoms with Gasteiger partial charge in [-0.1, -0.05) is 19.1 Å². The molecular formula is C18H15N5O. The first kappa shape index (κ1) is 14.4. The average molecular weight is 317 g/mol. The van der Waals surface area contributed by atoms with E-state index in [4.69, 9.17) is 6.57 Å². The van der Waals surface area contributed by atoms with Gasteiger partial charge in [-0.3, -0.25) is 9.36 Å². The standard InChI is InChI=1S/C18H15N5O/c1-12-9-22(10-12)18(24)13-7-16-17(20-8-13)23(11-21-16)15-5-3-14(19-2)4-6-15/h3-8,11-12H,9-10H2,1H3. The molecule has 1 aromatic carbocycles. The van der Waals surface area contributed by atoms with E-state index in [2.05, 4.69) is 21.7 Å². The van der Waals surface area contributed by atoms with Crippen molar-refractivity contribution in [2.45, 2.75) is 6.92 Å². The zero-order valence-electron chi connectivity index (χ0n) is 13.2. The minimum Gasteiger partial charge on any atom is -0.338 e. The Labute approximate surface area is 139 Å². The van der Waals surface area contributed by atoms with Gasteiger partial charge in [-0.15, -0.1) is 0 Å². The number of hydrogen-bond donors (Lipinski definition) is 0. The number of benzene rings is 1. The number of carbonyl (C=O) groups excluding carboxylic acids is 1. The number of nitrogens with zero attached hydrogens (tertiary/aromatic N) is 5. The molecule has 1 aliphatic heterocycles. The van der Waals surface area contributed by atoms with Gasteiger partial charge in [-0.2, -0.15) is 0 Å². The Hall–Kier alpha value is -3.20. The first-order chi connectivity index (χ1) is 11.7. The molecule has 0 aliphatic carbocycles. The molecule has 1 aliphatic rings. The average Bonchev–Trinajstić information content (AvgIpc) is 3.01. The summed E-state index contributed by atoms with van der Waals surface area (Å²) in [5, 5.41) is 0. The van der Waals surface area contributed by atoms with Crippen molar-refractivity contribution in [3.63, 3.8) is 0 Å². The van der Waals surface area contributed by atoms with Crippen molar-refractivity contribution >= 4 is 22.8 Å². The van der Waals surface area contributed by atoms with Gasteiger partial charge in [0, 0.05) is 25.0 Å². The van der Waals surface area contributed by atoms with Crippen molar-refractivity contribution in [3.05, 3.63) is 59.8 Å². The van der Waals surface area contributed by atoms with E-state index in [9.17, 15) is 4.79 Å². The van der Waals surface area contributed by atoms with Crippen LogP contribution in [0.15, 0.2) is 42.9 Å². The minimum atomic E-state index is 0.0125. The highest BCUT2D eigenvalue weighted by Crippen LogP contribution is 2.22. The van der Waals surface area contributed by atoms with Crippen LogP contribution in [0, 0.1) is 12.5 Å². The van der Waals surface area contributed by atoms with E-state index in [1.165, 1.54) is 0 Å². The maximum atomic E-state index is 12.4. The normalized spacial score (nSPS) is 14.4. The Bertz CT molecular complexity index is 961. The lowest BCUT2D eigenvalue weighted by molar-refractivity contribution is 0.0530. The van der Waals surface area contributed by atoms with Crippen LogP contribution in [-0.2, 0) is 0 Å². The molecule has 2 aromatic heterocycles. The van der Waals surface area contributed by atoms with Crippen LogP contribution in [0.2, 0.25) is 0 Å². The number of likely N-dealkylation sites (tertiary alicyclic amines) is 1. The van der Waals surface area contributed by atoms with Gasteiger partial charge in [0.15, 0.2) is 11.3 Å². The number of carbonyl (C=O) groups is 1. The van der Waals surface area contributed by atoms with E-state index in [-0.39, 0.29) is 5.91 Å². The molecule has 6 heteroatoms. The highest BCUT2D eigenvalue weighted by atomic mass is 16.2. The summed E-state index contributed by atoms with van der Waals surface area (Å²) < 4.78 is 1.85. The molecular weight excluding hydrogens is 302 g/mol. The van der Waals surface area contributed by atoms with E-state index in [0.29, 0.717) is 28.3 Å². The first-order valence-electron chi connectivity index (χ1n) is 7.76. The summed E-state index contributed by atoms with van der Waals surface area (Å²) in [6, 6.07) is 9.03. The lowest BCUT2D eigenvalue weighted by atomic mass is 10.0. The Morgan fingerprint density at radius 3 is 2.67 bits per heavy atom. The van der Waals surface area contributed by atoms with Crippen LogP contribution >= 0.6 is 0 Å². The molecule has 1 saturated heterocycles. The third kappa shape index (κ3) is 2.31. The molecule has 3 aromatic rings. The number of imidazole rings is 1. The van der Waals surface area contributed by atoms with Gasteiger partial charge in [0.05, 0.1) is 12.1 Å². The molecule has 118 valence electrons. The van der Waals surface area contributed by atoms with Gasteiger partial charge < -0.3 is 4.90 Å². The SMILES string of the molecule is [C-]#[N+]c1ccc(-n2cnc3cc(C(=O)N4CC(C)C4)cnc32)cc1. The van der Waals surface area contributed by atoms with Crippen LogP contribution in [0.3, 0.4) is 0 Å². The monoisotopic (exact) mass is 317 g/mol. The predicted molar refractivity (Wildman–Crippen MR) is 90.2 cm³/mol. The van der Waals surface area contributed by atoms with Gasteiger partial charge >= 0.3 is 0 Å². The van der Waals surface area contributed by atoms with E-state index in [0.717, 1.165) is 18.8 Å². The molecule has 4 rings (SSSR count). The molecule has 0 spiro atoms. The maximum absolute atomic E-state index is 12.4. The van der Waals surface area contributed by atoms with Gasteiger partial charge in [0.2, 0.25) is 0 Å². The molecule has 0 bridgehead atoms. The Morgan fingerprint density at radius 1 is 1.25 bits per heavy atom. The van der Waals surface area contributed by atoms with Crippen LogP contribution in [0.4, 0.5) is 5.69 Å². The molecule has 0 atom stereocenters. The second kappa shape index (κ2) is 5.46. The molecule has 0 unspecified atom stereocenters. The minimum absolute atomic E-state index is 0.0125. The van der Waals surface area contributed by atoms with Crippen molar-refractivity contribution in [1.82, 2.24) is 19.4 Å². The van der Waals surface area contributed by atoms with Gasteiger partial charge in [0.1, 0.15) is 11.8 Å². The molecule has 1 amide bonds. The van der Waals surface area contributed by atoms with Gasteiger partial charge in [0.25, 0.3) is 5.91 Å². The largest absolute Gasteiger partial charge is 0.338 e. The summed E-state index contributed by atoms with van der Waals surface area (Å²) in [7, 11) is 0. The van der Waals surface area contributed by atoms with Crippen molar-refractivity contribution in [3.8, 4) is 5.69 Å². The fraction of sp³-hybridized carbons (Fsp3) is 0.222. The number of fused-ring (bicyclic) bond motifs is 1. The van der Waals surface area contributed by atoms with Crippen LogP contribution in [-0.4, -0.2) is 38.4 Å². The Kier molecular flexibility index (Phi) is 3.28. The van der Waals surface area contributed by atoms with Crippen LogP contribution in [0.5, 0.6) is 0 Å².